The first-order valence-electron chi connectivity index (χ1n) is 4.76. The molecular weight excluding hydrogens is 208 g/mol. The molecule has 6 heteroatoms. The molecule has 16 heavy (non-hydrogen) atoms. The number of hydrogen-bond donors (Lipinski definition) is 1. The van der Waals surface area contributed by atoms with E-state index in [0.717, 1.165) is 5.39 Å². The Balaban J connectivity index is 2.82. The lowest BCUT2D eigenvalue weighted by Gasteiger charge is -2.07. The number of rotatable bonds is 2. The zero-order chi connectivity index (χ0) is 11.7. The van der Waals surface area contributed by atoms with E-state index in [4.69, 9.17) is 4.74 Å². The van der Waals surface area contributed by atoms with Gasteiger partial charge in [0, 0.05) is 25.7 Å². The number of hydrogen-bond acceptors (Lipinski definition) is 5. The van der Waals surface area contributed by atoms with E-state index in [1.165, 1.54) is 11.7 Å². The summed E-state index contributed by atoms with van der Waals surface area (Å²) in [6.07, 6.45) is 1.65. The molecule has 2 aromatic rings. The van der Waals surface area contributed by atoms with E-state index in [9.17, 15) is 4.79 Å². The lowest BCUT2D eigenvalue weighted by atomic mass is 10.3. The monoisotopic (exact) mass is 220 g/mol. The van der Waals surface area contributed by atoms with Crippen LogP contribution in [0.25, 0.3) is 11.0 Å². The Morgan fingerprint density at radius 2 is 2.25 bits per heavy atom. The number of anilines is 1. The van der Waals surface area contributed by atoms with Crippen molar-refractivity contribution >= 4 is 17.0 Å². The van der Waals surface area contributed by atoms with Crippen LogP contribution in [0.3, 0.4) is 0 Å². The van der Waals surface area contributed by atoms with Gasteiger partial charge >= 0.3 is 0 Å². The highest BCUT2D eigenvalue weighted by molar-refractivity contribution is 5.76. The minimum absolute atomic E-state index is 0.212. The van der Waals surface area contributed by atoms with Gasteiger partial charge in [0.05, 0.1) is 7.11 Å². The molecule has 0 aliphatic heterocycles. The van der Waals surface area contributed by atoms with E-state index in [1.54, 1.807) is 26.4 Å². The summed E-state index contributed by atoms with van der Waals surface area (Å²) in [5.74, 6) is 0.767. The minimum atomic E-state index is -0.212. The molecule has 2 rings (SSSR count). The Bertz CT molecular complexity index is 591. The van der Waals surface area contributed by atoms with Gasteiger partial charge < -0.3 is 10.1 Å². The molecular formula is C10H12N4O2. The smallest absolute Gasteiger partial charge is 0.294 e. The molecule has 0 saturated heterocycles. The highest BCUT2D eigenvalue weighted by atomic mass is 16.5. The van der Waals surface area contributed by atoms with Gasteiger partial charge in [0.15, 0.2) is 5.75 Å². The Hall–Kier alpha value is -2.11. The molecule has 0 atom stereocenters. The summed E-state index contributed by atoms with van der Waals surface area (Å²) in [7, 11) is 4.84. The first-order valence-corrected chi connectivity index (χ1v) is 4.76. The summed E-state index contributed by atoms with van der Waals surface area (Å²) in [5.41, 5.74) is 0.362. The second-order valence-corrected chi connectivity index (χ2v) is 3.30. The van der Waals surface area contributed by atoms with Crippen LogP contribution in [0.15, 0.2) is 17.1 Å². The van der Waals surface area contributed by atoms with Crippen molar-refractivity contribution in [3.8, 4) is 5.75 Å². The van der Waals surface area contributed by atoms with E-state index in [1.807, 2.05) is 0 Å². The number of ether oxygens (including phenoxy) is 1. The molecule has 0 spiro atoms. The van der Waals surface area contributed by atoms with Crippen LogP contribution in [0.2, 0.25) is 0 Å². The highest BCUT2D eigenvalue weighted by Gasteiger charge is 2.08. The van der Waals surface area contributed by atoms with Crippen LogP contribution >= 0.6 is 0 Å². The van der Waals surface area contributed by atoms with Crippen LogP contribution < -0.4 is 15.6 Å². The van der Waals surface area contributed by atoms with Crippen LogP contribution in [-0.2, 0) is 7.05 Å². The van der Waals surface area contributed by atoms with E-state index in [2.05, 4.69) is 15.3 Å². The average molecular weight is 220 g/mol. The predicted molar refractivity (Wildman–Crippen MR) is 60.9 cm³/mol. The van der Waals surface area contributed by atoms with Gasteiger partial charge in [-0.25, -0.2) is 4.98 Å². The summed E-state index contributed by atoms with van der Waals surface area (Å²) in [6, 6.07) is 1.64. The third-order valence-electron chi connectivity index (χ3n) is 2.36. The van der Waals surface area contributed by atoms with Gasteiger partial charge in [-0.1, -0.05) is 0 Å². The van der Waals surface area contributed by atoms with Crippen LogP contribution in [0.1, 0.15) is 0 Å². The lowest BCUT2D eigenvalue weighted by Crippen LogP contribution is -2.19. The molecule has 0 amide bonds. The molecule has 6 nitrogen and oxygen atoms in total. The molecule has 2 aromatic heterocycles. The van der Waals surface area contributed by atoms with Crippen molar-refractivity contribution in [2.45, 2.75) is 0 Å². The van der Waals surface area contributed by atoms with E-state index < -0.39 is 0 Å². The summed E-state index contributed by atoms with van der Waals surface area (Å²) in [4.78, 5) is 20.1. The quantitative estimate of drug-likeness (QED) is 0.792. The Morgan fingerprint density at radius 3 is 2.88 bits per heavy atom. The normalized spacial score (nSPS) is 10.4. The second kappa shape index (κ2) is 3.80. The SMILES string of the molecule is CNc1ncc2cc(OC)c(=O)n(C)c2n1. The fourth-order valence-corrected chi connectivity index (χ4v) is 1.48. The Morgan fingerprint density at radius 1 is 1.50 bits per heavy atom. The third-order valence-corrected chi connectivity index (χ3v) is 2.36. The molecule has 0 radical (unpaired) electrons. The molecule has 0 saturated carbocycles. The molecule has 0 bridgehead atoms. The zero-order valence-corrected chi connectivity index (χ0v) is 9.31. The maximum atomic E-state index is 11.8. The third kappa shape index (κ3) is 1.48. The van der Waals surface area contributed by atoms with Crippen molar-refractivity contribution in [1.29, 1.82) is 0 Å². The van der Waals surface area contributed by atoms with Crippen molar-refractivity contribution in [2.75, 3.05) is 19.5 Å². The number of methoxy groups -OCH3 is 1. The van der Waals surface area contributed by atoms with Gasteiger partial charge in [0.1, 0.15) is 5.65 Å². The number of fused-ring (bicyclic) bond motifs is 1. The highest BCUT2D eigenvalue weighted by Crippen LogP contribution is 2.14. The predicted octanol–water partition coefficient (Wildman–Crippen LogP) is 0.379. The zero-order valence-electron chi connectivity index (χ0n) is 9.31. The molecule has 0 unspecified atom stereocenters. The standard InChI is InChI=1S/C10H12N4O2/c1-11-10-12-5-6-4-7(16-3)9(15)14(2)8(6)13-10/h4-5H,1-3H3,(H,11,12,13). The average Bonchev–Trinajstić information content (AvgIpc) is 2.33. The van der Waals surface area contributed by atoms with Gasteiger partial charge in [-0.05, 0) is 6.07 Å². The largest absolute Gasteiger partial charge is 0.491 e. The van der Waals surface area contributed by atoms with E-state index in [-0.39, 0.29) is 11.3 Å². The first-order chi connectivity index (χ1) is 7.67. The molecule has 0 aliphatic rings. The van der Waals surface area contributed by atoms with Crippen LogP contribution in [0.4, 0.5) is 5.95 Å². The number of nitrogens with zero attached hydrogens (tertiary/aromatic N) is 3. The van der Waals surface area contributed by atoms with Gasteiger partial charge in [0.2, 0.25) is 5.95 Å². The van der Waals surface area contributed by atoms with Gasteiger partial charge in [-0.2, -0.15) is 4.98 Å². The Labute approximate surface area is 91.9 Å². The maximum absolute atomic E-state index is 11.8. The van der Waals surface area contributed by atoms with Gasteiger partial charge in [-0.15, -0.1) is 0 Å². The fourth-order valence-electron chi connectivity index (χ4n) is 1.48. The summed E-state index contributed by atoms with van der Waals surface area (Å²) in [5, 5.41) is 3.59. The molecule has 84 valence electrons. The fraction of sp³-hybridized carbons (Fsp3) is 0.300. The van der Waals surface area contributed by atoms with Crippen LogP contribution in [-0.4, -0.2) is 28.7 Å². The number of aromatic nitrogens is 3. The molecule has 2 heterocycles. The van der Waals surface area contributed by atoms with E-state index in [0.29, 0.717) is 11.6 Å². The number of aryl methyl sites for hydroxylation is 1. The second-order valence-electron chi connectivity index (χ2n) is 3.30. The summed E-state index contributed by atoms with van der Waals surface area (Å²) in [6.45, 7) is 0. The number of pyridine rings is 1. The molecule has 1 N–H and O–H groups in total. The number of nitrogens with one attached hydrogen (secondary N) is 1. The van der Waals surface area contributed by atoms with Crippen LogP contribution in [0, 0.1) is 0 Å². The van der Waals surface area contributed by atoms with Crippen molar-refractivity contribution in [3.63, 3.8) is 0 Å². The van der Waals surface area contributed by atoms with Crippen molar-refractivity contribution in [1.82, 2.24) is 14.5 Å². The van der Waals surface area contributed by atoms with E-state index >= 15 is 0 Å². The van der Waals surface area contributed by atoms with Crippen molar-refractivity contribution < 1.29 is 4.74 Å². The minimum Gasteiger partial charge on any atom is -0.491 e. The van der Waals surface area contributed by atoms with Gasteiger partial charge in [0.25, 0.3) is 5.56 Å². The first kappa shape index (κ1) is 10.4. The molecule has 0 aromatic carbocycles. The summed E-state index contributed by atoms with van der Waals surface area (Å²) >= 11 is 0. The maximum Gasteiger partial charge on any atom is 0.294 e. The molecule has 0 fully saturated rings. The topological polar surface area (TPSA) is 69.0 Å². The van der Waals surface area contributed by atoms with Crippen molar-refractivity contribution in [2.24, 2.45) is 7.05 Å². The van der Waals surface area contributed by atoms with Crippen molar-refractivity contribution in [3.05, 3.63) is 22.6 Å². The van der Waals surface area contributed by atoms with Gasteiger partial charge in [-0.3, -0.25) is 9.36 Å². The summed E-state index contributed by atoms with van der Waals surface area (Å²) < 4.78 is 6.43. The molecule has 0 aliphatic carbocycles. The lowest BCUT2D eigenvalue weighted by molar-refractivity contribution is 0.406. The van der Waals surface area contributed by atoms with Crippen LogP contribution in [0.5, 0.6) is 5.75 Å². The Kier molecular flexibility index (Phi) is 2.47.